The van der Waals surface area contributed by atoms with Crippen molar-refractivity contribution in [2.24, 2.45) is 0 Å². The predicted molar refractivity (Wildman–Crippen MR) is 65.8 cm³/mol. The van der Waals surface area contributed by atoms with Crippen molar-refractivity contribution in [1.29, 1.82) is 5.26 Å². The molecular formula is C11H16N6. The van der Waals surface area contributed by atoms with E-state index in [1.54, 1.807) is 7.05 Å². The van der Waals surface area contributed by atoms with Crippen LogP contribution in [0.3, 0.4) is 0 Å². The van der Waals surface area contributed by atoms with Gasteiger partial charge in [0.25, 0.3) is 0 Å². The lowest BCUT2D eigenvalue weighted by Gasteiger charge is -2.33. The highest BCUT2D eigenvalue weighted by atomic mass is 15.3. The molecule has 2 rings (SSSR count). The normalized spacial score (nSPS) is 16.6. The first-order valence-electron chi connectivity index (χ1n) is 5.59. The van der Waals surface area contributed by atoms with Crippen LogP contribution in [0, 0.1) is 11.5 Å². The van der Waals surface area contributed by atoms with Gasteiger partial charge in [-0.2, -0.15) is 5.26 Å². The molecule has 0 aromatic carbocycles. The zero-order chi connectivity index (χ0) is 12.3. The molecule has 0 amide bonds. The van der Waals surface area contributed by atoms with Crippen LogP contribution in [0.2, 0.25) is 0 Å². The molecule has 0 unspecified atom stereocenters. The summed E-state index contributed by atoms with van der Waals surface area (Å²) in [4.78, 5) is 14.3. The van der Waals surface area contributed by atoms with Crippen molar-refractivity contribution in [3.63, 3.8) is 0 Å². The van der Waals surface area contributed by atoms with Crippen LogP contribution in [0.5, 0.6) is 0 Å². The van der Waals surface area contributed by atoms with Crippen LogP contribution in [0.25, 0.3) is 0 Å². The minimum atomic E-state index is 0.636. The average molecular weight is 232 g/mol. The van der Waals surface area contributed by atoms with E-state index >= 15 is 0 Å². The van der Waals surface area contributed by atoms with Crippen LogP contribution >= 0.6 is 0 Å². The highest BCUT2D eigenvalue weighted by molar-refractivity contribution is 5.51. The molecule has 0 spiro atoms. The number of hydrogen-bond donors (Lipinski definition) is 0. The minimum absolute atomic E-state index is 0.636. The lowest BCUT2D eigenvalue weighted by molar-refractivity contribution is 0.312. The van der Waals surface area contributed by atoms with Crippen molar-refractivity contribution in [3.8, 4) is 6.19 Å². The standard InChI is InChI=1S/C11H16N6/c1-15-3-5-17(6-4-15)11-7-10(13-9-14-11)16(2)8-12/h7,9H,3-6H2,1-2H3. The van der Waals surface area contributed by atoms with E-state index in [2.05, 4.69) is 26.8 Å². The molecule has 1 saturated heterocycles. The third-order valence-electron chi connectivity index (χ3n) is 2.96. The Kier molecular flexibility index (Phi) is 3.40. The summed E-state index contributed by atoms with van der Waals surface area (Å²) in [5, 5.41) is 8.82. The Morgan fingerprint density at radius 1 is 1.29 bits per heavy atom. The Labute approximate surface area is 101 Å². The van der Waals surface area contributed by atoms with Gasteiger partial charge in [0.05, 0.1) is 0 Å². The number of hydrogen-bond acceptors (Lipinski definition) is 6. The van der Waals surface area contributed by atoms with E-state index in [0.717, 1.165) is 32.0 Å². The Morgan fingerprint density at radius 3 is 2.65 bits per heavy atom. The third kappa shape index (κ3) is 2.63. The highest BCUT2D eigenvalue weighted by Gasteiger charge is 2.16. The van der Waals surface area contributed by atoms with E-state index < -0.39 is 0 Å². The molecular weight excluding hydrogens is 216 g/mol. The van der Waals surface area contributed by atoms with Crippen molar-refractivity contribution in [3.05, 3.63) is 12.4 Å². The molecule has 1 aliphatic heterocycles. The molecule has 0 N–H and O–H groups in total. The van der Waals surface area contributed by atoms with E-state index in [4.69, 9.17) is 5.26 Å². The summed E-state index contributed by atoms with van der Waals surface area (Å²) in [7, 11) is 3.81. The molecule has 0 aliphatic carbocycles. The van der Waals surface area contributed by atoms with Gasteiger partial charge >= 0.3 is 0 Å². The second-order valence-corrected chi connectivity index (χ2v) is 4.18. The number of nitrogens with zero attached hydrogens (tertiary/aromatic N) is 6. The van der Waals surface area contributed by atoms with Gasteiger partial charge in [-0.15, -0.1) is 0 Å². The number of rotatable bonds is 2. The van der Waals surface area contributed by atoms with E-state index in [1.165, 1.54) is 11.2 Å². The number of aromatic nitrogens is 2. The fourth-order valence-electron chi connectivity index (χ4n) is 1.78. The second kappa shape index (κ2) is 4.97. The van der Waals surface area contributed by atoms with Gasteiger partial charge < -0.3 is 9.80 Å². The summed E-state index contributed by atoms with van der Waals surface area (Å²) in [6.07, 6.45) is 3.55. The van der Waals surface area contributed by atoms with Gasteiger partial charge in [0.2, 0.25) is 0 Å². The quantitative estimate of drug-likeness (QED) is 0.534. The van der Waals surface area contributed by atoms with Crippen LogP contribution in [0.15, 0.2) is 12.4 Å². The molecule has 17 heavy (non-hydrogen) atoms. The van der Waals surface area contributed by atoms with Gasteiger partial charge in [-0.1, -0.05) is 0 Å². The molecule has 1 aromatic rings. The van der Waals surface area contributed by atoms with Crippen LogP contribution < -0.4 is 9.80 Å². The zero-order valence-electron chi connectivity index (χ0n) is 10.2. The summed E-state index contributed by atoms with van der Waals surface area (Å²) in [5.74, 6) is 1.53. The lowest BCUT2D eigenvalue weighted by atomic mass is 10.3. The zero-order valence-corrected chi connectivity index (χ0v) is 10.2. The van der Waals surface area contributed by atoms with Gasteiger partial charge in [-0.3, -0.25) is 4.90 Å². The van der Waals surface area contributed by atoms with Gasteiger partial charge in [-0.05, 0) is 7.05 Å². The van der Waals surface area contributed by atoms with Crippen LogP contribution in [-0.4, -0.2) is 55.1 Å². The fourth-order valence-corrected chi connectivity index (χ4v) is 1.78. The van der Waals surface area contributed by atoms with Gasteiger partial charge in [0.1, 0.15) is 18.0 Å². The first kappa shape index (κ1) is 11.6. The van der Waals surface area contributed by atoms with Crippen molar-refractivity contribution in [2.75, 3.05) is 50.1 Å². The number of likely N-dealkylation sites (N-methyl/N-ethyl adjacent to an activating group) is 1. The topological polar surface area (TPSA) is 59.3 Å². The molecule has 1 fully saturated rings. The Bertz CT molecular complexity index is 418. The summed E-state index contributed by atoms with van der Waals surface area (Å²) >= 11 is 0. The molecule has 1 aliphatic rings. The van der Waals surface area contributed by atoms with E-state index in [0.29, 0.717) is 5.82 Å². The van der Waals surface area contributed by atoms with Crippen molar-refractivity contribution < 1.29 is 0 Å². The van der Waals surface area contributed by atoms with Crippen molar-refractivity contribution in [1.82, 2.24) is 14.9 Å². The molecule has 0 radical (unpaired) electrons. The average Bonchev–Trinajstić information content (AvgIpc) is 2.39. The maximum atomic E-state index is 8.82. The lowest BCUT2D eigenvalue weighted by Crippen LogP contribution is -2.44. The molecule has 6 nitrogen and oxygen atoms in total. The molecule has 6 heteroatoms. The maximum absolute atomic E-state index is 8.82. The van der Waals surface area contributed by atoms with Crippen LogP contribution in [-0.2, 0) is 0 Å². The first-order valence-corrected chi connectivity index (χ1v) is 5.59. The molecule has 0 bridgehead atoms. The highest BCUT2D eigenvalue weighted by Crippen LogP contribution is 2.17. The Morgan fingerprint density at radius 2 is 2.00 bits per heavy atom. The van der Waals surface area contributed by atoms with Crippen molar-refractivity contribution in [2.45, 2.75) is 0 Å². The summed E-state index contributed by atoms with van der Waals surface area (Å²) < 4.78 is 0. The molecule has 0 saturated carbocycles. The third-order valence-corrected chi connectivity index (χ3v) is 2.96. The summed E-state index contributed by atoms with van der Waals surface area (Å²) in [5.41, 5.74) is 0. The molecule has 90 valence electrons. The van der Waals surface area contributed by atoms with Gasteiger partial charge in [0.15, 0.2) is 6.19 Å². The number of anilines is 2. The number of piperazine rings is 1. The largest absolute Gasteiger partial charge is 0.354 e. The van der Waals surface area contributed by atoms with Crippen LogP contribution in [0.1, 0.15) is 0 Å². The minimum Gasteiger partial charge on any atom is -0.354 e. The van der Waals surface area contributed by atoms with E-state index in [9.17, 15) is 0 Å². The van der Waals surface area contributed by atoms with Gasteiger partial charge in [-0.25, -0.2) is 9.97 Å². The van der Waals surface area contributed by atoms with E-state index in [-0.39, 0.29) is 0 Å². The SMILES string of the molecule is CN1CCN(c2cc(N(C)C#N)ncn2)CC1. The summed E-state index contributed by atoms with van der Waals surface area (Å²) in [6.45, 7) is 3.99. The number of nitriles is 1. The smallest absolute Gasteiger partial charge is 0.185 e. The maximum Gasteiger partial charge on any atom is 0.185 e. The molecule has 0 atom stereocenters. The fraction of sp³-hybridized carbons (Fsp3) is 0.545. The van der Waals surface area contributed by atoms with Gasteiger partial charge in [0, 0.05) is 39.3 Å². The predicted octanol–water partition coefficient (Wildman–Crippen LogP) is 0.146. The Hall–Kier alpha value is -1.87. The summed E-state index contributed by atoms with van der Waals surface area (Å²) in [6, 6.07) is 1.86. The second-order valence-electron chi connectivity index (χ2n) is 4.18. The van der Waals surface area contributed by atoms with E-state index in [1.807, 2.05) is 12.3 Å². The monoisotopic (exact) mass is 232 g/mol. The first-order chi connectivity index (χ1) is 8.20. The molecule has 1 aromatic heterocycles. The van der Waals surface area contributed by atoms with Crippen molar-refractivity contribution >= 4 is 11.6 Å². The Balaban J connectivity index is 2.14. The molecule has 2 heterocycles. The van der Waals surface area contributed by atoms with Crippen LogP contribution in [0.4, 0.5) is 11.6 Å².